The summed E-state index contributed by atoms with van der Waals surface area (Å²) < 4.78 is 5.56. The van der Waals surface area contributed by atoms with Crippen LogP contribution in [0.2, 0.25) is 0 Å². The number of rotatable bonds is 4. The molecule has 4 heteroatoms. The quantitative estimate of drug-likeness (QED) is 0.652. The molecule has 1 aliphatic carbocycles. The average molecular weight is 336 g/mol. The van der Waals surface area contributed by atoms with Crippen molar-refractivity contribution in [3.05, 3.63) is 65.0 Å². The zero-order valence-corrected chi connectivity index (χ0v) is 14.6. The van der Waals surface area contributed by atoms with E-state index in [0.29, 0.717) is 11.0 Å². The molecule has 0 fully saturated rings. The number of thiocarbonyl (C=S) groups is 1. The summed E-state index contributed by atoms with van der Waals surface area (Å²) in [6, 6.07) is 8.62. The number of hydrogen-bond acceptors (Lipinski definition) is 2. The zero-order valence-electron chi connectivity index (χ0n) is 13.8. The van der Waals surface area contributed by atoms with Gasteiger partial charge in [0.1, 0.15) is 12.4 Å². The summed E-state index contributed by atoms with van der Waals surface area (Å²) in [7, 11) is 0. The van der Waals surface area contributed by atoms with Gasteiger partial charge in [0.25, 0.3) is 0 Å². The van der Waals surface area contributed by atoms with Crippen LogP contribution in [-0.4, -0.2) is 17.8 Å². The monoisotopic (exact) mass is 336 g/mol. The summed E-state index contributed by atoms with van der Waals surface area (Å²) in [4.78, 5) is 0. The highest BCUT2D eigenvalue weighted by Gasteiger charge is 2.25. The molecule has 0 amide bonds. The SMILES string of the molecule is C#CCOC1=CC2=C(c3ccc(C(C)C)cc3)NC(=S)NC2C=C1. The molecule has 0 aromatic heterocycles. The molecule has 0 saturated carbocycles. The highest BCUT2D eigenvalue weighted by atomic mass is 32.1. The summed E-state index contributed by atoms with van der Waals surface area (Å²) >= 11 is 5.35. The van der Waals surface area contributed by atoms with E-state index in [1.165, 1.54) is 5.56 Å². The number of ether oxygens (including phenoxy) is 1. The van der Waals surface area contributed by atoms with E-state index in [4.69, 9.17) is 23.4 Å². The summed E-state index contributed by atoms with van der Waals surface area (Å²) in [5.74, 6) is 3.75. The van der Waals surface area contributed by atoms with Gasteiger partial charge in [-0.15, -0.1) is 6.42 Å². The van der Waals surface area contributed by atoms with Crippen LogP contribution in [0.1, 0.15) is 30.9 Å². The lowest BCUT2D eigenvalue weighted by molar-refractivity contribution is 0.266. The minimum atomic E-state index is 0.0386. The number of benzene rings is 1. The molecule has 2 N–H and O–H groups in total. The van der Waals surface area contributed by atoms with Crippen molar-refractivity contribution < 1.29 is 4.74 Å². The van der Waals surface area contributed by atoms with Gasteiger partial charge < -0.3 is 15.4 Å². The van der Waals surface area contributed by atoms with Gasteiger partial charge in [0.15, 0.2) is 5.11 Å². The second-order valence-electron chi connectivity index (χ2n) is 6.08. The molecule has 3 nitrogen and oxygen atoms in total. The molecule has 1 aromatic carbocycles. The van der Waals surface area contributed by atoms with Crippen LogP contribution in [-0.2, 0) is 4.74 Å². The van der Waals surface area contributed by atoms with Crippen molar-refractivity contribution in [3.63, 3.8) is 0 Å². The van der Waals surface area contributed by atoms with Crippen LogP contribution in [0.3, 0.4) is 0 Å². The lowest BCUT2D eigenvalue weighted by Gasteiger charge is -2.31. The van der Waals surface area contributed by atoms with E-state index in [0.717, 1.165) is 22.6 Å². The van der Waals surface area contributed by atoms with Gasteiger partial charge in [-0.05, 0) is 41.4 Å². The highest BCUT2D eigenvalue weighted by molar-refractivity contribution is 7.80. The van der Waals surface area contributed by atoms with Gasteiger partial charge in [-0.3, -0.25) is 0 Å². The Morgan fingerprint density at radius 2 is 2.04 bits per heavy atom. The molecule has 1 atom stereocenters. The maximum absolute atomic E-state index is 5.56. The van der Waals surface area contributed by atoms with Crippen LogP contribution < -0.4 is 10.6 Å². The molecular weight excluding hydrogens is 316 g/mol. The molecule has 1 heterocycles. The standard InChI is InChI=1S/C20H20N2OS/c1-4-11-23-16-9-10-18-17(12-16)19(22-20(24)21-18)15-7-5-14(6-8-15)13(2)3/h1,5-10,12-13,18H,11H2,2-3H3,(H2,21,22,24). The largest absolute Gasteiger partial charge is 0.481 e. The van der Waals surface area contributed by atoms with E-state index >= 15 is 0 Å². The molecule has 2 aliphatic rings. The van der Waals surface area contributed by atoms with Crippen molar-refractivity contribution in [2.45, 2.75) is 25.8 Å². The molecule has 0 saturated heterocycles. The Labute approximate surface area is 148 Å². The van der Waals surface area contributed by atoms with Gasteiger partial charge in [-0.2, -0.15) is 0 Å². The summed E-state index contributed by atoms with van der Waals surface area (Å²) in [5, 5.41) is 7.17. The van der Waals surface area contributed by atoms with E-state index < -0.39 is 0 Å². The fourth-order valence-electron chi connectivity index (χ4n) is 2.79. The number of nitrogens with one attached hydrogen (secondary N) is 2. The van der Waals surface area contributed by atoms with Crippen molar-refractivity contribution in [3.8, 4) is 12.3 Å². The van der Waals surface area contributed by atoms with Crippen LogP contribution >= 0.6 is 12.2 Å². The zero-order chi connectivity index (χ0) is 17.1. The Morgan fingerprint density at radius 3 is 2.71 bits per heavy atom. The second-order valence-corrected chi connectivity index (χ2v) is 6.49. The van der Waals surface area contributed by atoms with Gasteiger partial charge in [0.2, 0.25) is 0 Å². The second kappa shape index (κ2) is 6.94. The predicted molar refractivity (Wildman–Crippen MR) is 102 cm³/mol. The van der Waals surface area contributed by atoms with Gasteiger partial charge in [-0.1, -0.05) is 50.1 Å². The first-order valence-electron chi connectivity index (χ1n) is 7.96. The fraction of sp³-hybridized carbons (Fsp3) is 0.250. The van der Waals surface area contributed by atoms with Gasteiger partial charge >= 0.3 is 0 Å². The van der Waals surface area contributed by atoms with E-state index in [-0.39, 0.29) is 12.6 Å². The average Bonchev–Trinajstić information content (AvgIpc) is 2.59. The van der Waals surface area contributed by atoms with Crippen molar-refractivity contribution >= 4 is 23.0 Å². The third-order valence-corrected chi connectivity index (χ3v) is 4.31. The Kier molecular flexibility index (Phi) is 4.73. The minimum Gasteiger partial charge on any atom is -0.481 e. The number of hydrogen-bond donors (Lipinski definition) is 2. The summed E-state index contributed by atoms with van der Waals surface area (Å²) in [6.07, 6.45) is 11.2. The molecule has 3 rings (SSSR count). The molecule has 1 aromatic rings. The molecule has 0 radical (unpaired) electrons. The Morgan fingerprint density at radius 1 is 1.29 bits per heavy atom. The first-order chi connectivity index (χ1) is 11.6. The third kappa shape index (κ3) is 3.37. The molecule has 1 aliphatic heterocycles. The van der Waals surface area contributed by atoms with Crippen LogP contribution in [0.25, 0.3) is 5.70 Å². The number of terminal acetylenes is 1. The lowest BCUT2D eigenvalue weighted by Crippen LogP contribution is -2.47. The highest BCUT2D eigenvalue weighted by Crippen LogP contribution is 2.28. The van der Waals surface area contributed by atoms with Gasteiger partial charge in [-0.25, -0.2) is 0 Å². The van der Waals surface area contributed by atoms with Crippen molar-refractivity contribution in [1.29, 1.82) is 0 Å². The number of fused-ring (bicyclic) bond motifs is 1. The van der Waals surface area contributed by atoms with Crippen LogP contribution in [0.4, 0.5) is 0 Å². The summed E-state index contributed by atoms with van der Waals surface area (Å²) in [5.41, 5.74) is 4.52. The third-order valence-electron chi connectivity index (χ3n) is 4.09. The van der Waals surface area contributed by atoms with Gasteiger partial charge in [0.05, 0.1) is 11.7 Å². The van der Waals surface area contributed by atoms with E-state index in [9.17, 15) is 0 Å². The van der Waals surface area contributed by atoms with E-state index in [2.05, 4.69) is 54.7 Å². The lowest BCUT2D eigenvalue weighted by atomic mass is 9.93. The van der Waals surface area contributed by atoms with Crippen LogP contribution in [0.5, 0.6) is 0 Å². The van der Waals surface area contributed by atoms with Crippen molar-refractivity contribution in [1.82, 2.24) is 10.6 Å². The topological polar surface area (TPSA) is 33.3 Å². The van der Waals surface area contributed by atoms with Crippen LogP contribution in [0, 0.1) is 12.3 Å². The molecule has 0 spiro atoms. The van der Waals surface area contributed by atoms with E-state index in [1.54, 1.807) is 0 Å². The van der Waals surface area contributed by atoms with Gasteiger partial charge in [0, 0.05) is 5.57 Å². The molecular formula is C20H20N2OS. The van der Waals surface area contributed by atoms with Crippen molar-refractivity contribution in [2.24, 2.45) is 0 Å². The molecule has 1 unspecified atom stereocenters. The fourth-order valence-corrected chi connectivity index (χ4v) is 3.02. The normalized spacial score (nSPS) is 19.2. The smallest absolute Gasteiger partial charge is 0.171 e. The number of allylic oxidation sites excluding steroid dienone is 1. The maximum Gasteiger partial charge on any atom is 0.171 e. The summed E-state index contributed by atoms with van der Waals surface area (Å²) in [6.45, 7) is 4.63. The Balaban J connectivity index is 2.00. The Hall–Kier alpha value is -2.51. The predicted octanol–water partition coefficient (Wildman–Crippen LogP) is 3.47. The maximum atomic E-state index is 5.56. The molecule has 0 bridgehead atoms. The van der Waals surface area contributed by atoms with Crippen LogP contribution in [0.15, 0.2) is 53.8 Å². The first-order valence-corrected chi connectivity index (χ1v) is 8.37. The molecule has 24 heavy (non-hydrogen) atoms. The molecule has 122 valence electrons. The Bertz CT molecular complexity index is 779. The minimum absolute atomic E-state index is 0.0386. The van der Waals surface area contributed by atoms with Crippen molar-refractivity contribution in [2.75, 3.05) is 6.61 Å². The first kappa shape index (κ1) is 16.4. The van der Waals surface area contributed by atoms with E-state index in [1.807, 2.05) is 18.2 Å².